The van der Waals surface area contributed by atoms with Gasteiger partial charge < -0.3 is 29.7 Å². The number of methoxy groups -OCH3 is 3. The van der Waals surface area contributed by atoms with Crippen molar-refractivity contribution in [2.45, 2.75) is 32.6 Å². The molecular formula is C21H33N3O4S. The van der Waals surface area contributed by atoms with E-state index in [0.29, 0.717) is 42.0 Å². The Morgan fingerprint density at radius 3 is 2.28 bits per heavy atom. The molecule has 1 aromatic carbocycles. The van der Waals surface area contributed by atoms with Gasteiger partial charge >= 0.3 is 0 Å². The maximum Gasteiger partial charge on any atom is 0.225 e. The number of carbonyl (C=O) groups is 1. The standard InChI is InChI=1S/C21H33N3O4S/c1-6-8-9-23-20(25)16-13-24(21(29)22-7-2)12-15(16)14-10-17(26-3)19(28-5)18(11-14)27-4/h10-11,15-16H,6-9,12-13H2,1-5H3,(H,22,29)(H,23,25)/t15-,16+/m0/s1. The molecule has 2 atom stereocenters. The van der Waals surface area contributed by atoms with E-state index < -0.39 is 0 Å². The molecule has 1 fully saturated rings. The number of nitrogens with one attached hydrogen (secondary N) is 2. The first-order valence-corrected chi connectivity index (χ1v) is 10.5. The summed E-state index contributed by atoms with van der Waals surface area (Å²) >= 11 is 5.51. The molecule has 1 aliphatic rings. The van der Waals surface area contributed by atoms with Crippen LogP contribution in [0.3, 0.4) is 0 Å². The Morgan fingerprint density at radius 2 is 1.76 bits per heavy atom. The first-order chi connectivity index (χ1) is 14.0. The van der Waals surface area contributed by atoms with Crippen LogP contribution in [0.5, 0.6) is 17.2 Å². The molecular weight excluding hydrogens is 390 g/mol. The van der Waals surface area contributed by atoms with E-state index in [1.54, 1.807) is 21.3 Å². The maximum atomic E-state index is 13.0. The van der Waals surface area contributed by atoms with Crippen molar-refractivity contribution in [3.05, 3.63) is 17.7 Å². The van der Waals surface area contributed by atoms with Gasteiger partial charge in [0.15, 0.2) is 16.6 Å². The zero-order valence-electron chi connectivity index (χ0n) is 18.0. The lowest BCUT2D eigenvalue weighted by Gasteiger charge is -2.21. The minimum Gasteiger partial charge on any atom is -0.493 e. The summed E-state index contributed by atoms with van der Waals surface area (Å²) in [5.41, 5.74) is 0.969. The number of carbonyl (C=O) groups excluding carboxylic acids is 1. The highest BCUT2D eigenvalue weighted by molar-refractivity contribution is 7.80. The van der Waals surface area contributed by atoms with Crippen molar-refractivity contribution in [2.75, 3.05) is 47.5 Å². The number of benzene rings is 1. The monoisotopic (exact) mass is 423 g/mol. The van der Waals surface area contributed by atoms with Crippen LogP contribution >= 0.6 is 12.2 Å². The molecule has 8 heteroatoms. The second-order valence-corrected chi connectivity index (χ2v) is 7.44. The molecule has 2 N–H and O–H groups in total. The van der Waals surface area contributed by atoms with Crippen molar-refractivity contribution < 1.29 is 19.0 Å². The molecule has 1 aliphatic heterocycles. The Labute approximate surface area is 179 Å². The fourth-order valence-electron chi connectivity index (χ4n) is 3.67. The minimum absolute atomic E-state index is 0.0399. The minimum atomic E-state index is -0.216. The van der Waals surface area contributed by atoms with Gasteiger partial charge in [-0.25, -0.2) is 0 Å². The number of ether oxygens (including phenoxy) is 3. The summed E-state index contributed by atoms with van der Waals surface area (Å²) in [4.78, 5) is 15.0. The van der Waals surface area contributed by atoms with Crippen molar-refractivity contribution in [1.82, 2.24) is 15.5 Å². The Hall–Kier alpha value is -2.22. The van der Waals surface area contributed by atoms with E-state index in [1.165, 1.54) is 0 Å². The first kappa shape index (κ1) is 23.1. The van der Waals surface area contributed by atoms with E-state index in [9.17, 15) is 4.79 Å². The molecule has 29 heavy (non-hydrogen) atoms. The largest absolute Gasteiger partial charge is 0.493 e. The van der Waals surface area contributed by atoms with Gasteiger partial charge in [-0.1, -0.05) is 13.3 Å². The predicted molar refractivity (Wildman–Crippen MR) is 118 cm³/mol. The van der Waals surface area contributed by atoms with Gasteiger partial charge in [-0.15, -0.1) is 0 Å². The van der Waals surface area contributed by atoms with Gasteiger partial charge in [0, 0.05) is 32.1 Å². The second-order valence-electron chi connectivity index (χ2n) is 7.06. The van der Waals surface area contributed by atoms with Crippen LogP contribution in [0.25, 0.3) is 0 Å². The number of amides is 1. The zero-order valence-corrected chi connectivity index (χ0v) is 18.9. The zero-order chi connectivity index (χ0) is 21.4. The molecule has 0 spiro atoms. The molecule has 1 aromatic rings. The van der Waals surface area contributed by atoms with E-state index in [1.807, 2.05) is 19.1 Å². The Balaban J connectivity index is 2.36. The van der Waals surface area contributed by atoms with E-state index >= 15 is 0 Å². The molecule has 0 radical (unpaired) electrons. The molecule has 1 amide bonds. The van der Waals surface area contributed by atoms with Crippen LogP contribution in [0.15, 0.2) is 12.1 Å². The molecule has 162 valence electrons. The number of likely N-dealkylation sites (tertiary alicyclic amines) is 1. The normalized spacial score (nSPS) is 18.3. The lowest BCUT2D eigenvalue weighted by Crippen LogP contribution is -2.39. The average molecular weight is 424 g/mol. The summed E-state index contributed by atoms with van der Waals surface area (Å²) in [6.45, 7) is 6.77. The first-order valence-electron chi connectivity index (χ1n) is 10.1. The topological polar surface area (TPSA) is 72.1 Å². The molecule has 1 saturated heterocycles. The molecule has 0 aliphatic carbocycles. The summed E-state index contributed by atoms with van der Waals surface area (Å²) in [6, 6.07) is 3.86. The molecule has 1 heterocycles. The quantitative estimate of drug-likeness (QED) is 0.467. The van der Waals surface area contributed by atoms with Crippen molar-refractivity contribution in [3.8, 4) is 17.2 Å². The average Bonchev–Trinajstić information content (AvgIpc) is 3.18. The van der Waals surface area contributed by atoms with Crippen molar-refractivity contribution >= 4 is 23.2 Å². The van der Waals surface area contributed by atoms with Gasteiger partial charge in [-0.2, -0.15) is 0 Å². The van der Waals surface area contributed by atoms with E-state index in [-0.39, 0.29) is 17.7 Å². The smallest absolute Gasteiger partial charge is 0.225 e. The van der Waals surface area contributed by atoms with Crippen molar-refractivity contribution in [2.24, 2.45) is 5.92 Å². The Kier molecular flexibility index (Phi) is 8.82. The fraction of sp³-hybridized carbons (Fsp3) is 0.619. The van der Waals surface area contributed by atoms with Crippen LogP contribution in [0, 0.1) is 5.92 Å². The molecule has 0 unspecified atom stereocenters. The van der Waals surface area contributed by atoms with Crippen LogP contribution in [-0.2, 0) is 4.79 Å². The molecule has 2 rings (SSSR count). The third-order valence-electron chi connectivity index (χ3n) is 5.22. The van der Waals surface area contributed by atoms with E-state index in [4.69, 9.17) is 26.4 Å². The summed E-state index contributed by atoms with van der Waals surface area (Å²) in [7, 11) is 4.77. The van der Waals surface area contributed by atoms with Crippen molar-refractivity contribution in [3.63, 3.8) is 0 Å². The number of rotatable bonds is 9. The van der Waals surface area contributed by atoms with Gasteiger partial charge in [0.1, 0.15) is 0 Å². The Bertz CT molecular complexity index is 688. The number of hydrogen-bond acceptors (Lipinski definition) is 5. The fourth-order valence-corrected chi connectivity index (χ4v) is 3.96. The molecule has 0 bridgehead atoms. The summed E-state index contributed by atoms with van der Waals surface area (Å²) in [5.74, 6) is 1.51. The maximum absolute atomic E-state index is 13.0. The third-order valence-corrected chi connectivity index (χ3v) is 5.62. The van der Waals surface area contributed by atoms with Crippen LogP contribution in [0.4, 0.5) is 0 Å². The third kappa shape index (κ3) is 5.44. The lowest BCUT2D eigenvalue weighted by atomic mass is 9.88. The van der Waals surface area contributed by atoms with Gasteiger partial charge in [0.2, 0.25) is 11.7 Å². The highest BCUT2D eigenvalue weighted by atomic mass is 32.1. The summed E-state index contributed by atoms with van der Waals surface area (Å²) in [5, 5.41) is 6.95. The number of unbranched alkanes of at least 4 members (excludes halogenated alkanes) is 1. The lowest BCUT2D eigenvalue weighted by molar-refractivity contribution is -0.124. The highest BCUT2D eigenvalue weighted by Gasteiger charge is 2.40. The molecule has 0 saturated carbocycles. The van der Waals surface area contributed by atoms with Crippen LogP contribution in [0.1, 0.15) is 38.2 Å². The SMILES string of the molecule is CCCCNC(=O)[C@@H]1CN(C(=S)NCC)C[C@H]1c1cc(OC)c(OC)c(OC)c1. The second kappa shape index (κ2) is 11.1. The predicted octanol–water partition coefficient (Wildman–Crippen LogP) is 2.54. The Morgan fingerprint density at radius 1 is 1.10 bits per heavy atom. The highest BCUT2D eigenvalue weighted by Crippen LogP contribution is 2.43. The van der Waals surface area contributed by atoms with Crippen LogP contribution < -0.4 is 24.8 Å². The number of hydrogen-bond donors (Lipinski definition) is 2. The summed E-state index contributed by atoms with van der Waals surface area (Å²) < 4.78 is 16.5. The summed E-state index contributed by atoms with van der Waals surface area (Å²) in [6.07, 6.45) is 2.00. The number of nitrogens with zero attached hydrogens (tertiary/aromatic N) is 1. The van der Waals surface area contributed by atoms with Crippen LogP contribution in [-0.4, -0.2) is 63.4 Å². The molecule has 7 nitrogen and oxygen atoms in total. The van der Waals surface area contributed by atoms with E-state index in [2.05, 4.69) is 22.5 Å². The van der Waals surface area contributed by atoms with Crippen LogP contribution in [0.2, 0.25) is 0 Å². The molecule has 0 aromatic heterocycles. The number of thiocarbonyl (C=S) groups is 1. The van der Waals surface area contributed by atoms with Gasteiger partial charge in [-0.3, -0.25) is 4.79 Å². The van der Waals surface area contributed by atoms with Gasteiger partial charge in [-0.05, 0) is 43.3 Å². The van der Waals surface area contributed by atoms with Crippen molar-refractivity contribution in [1.29, 1.82) is 0 Å². The van der Waals surface area contributed by atoms with E-state index in [0.717, 1.165) is 24.9 Å². The van der Waals surface area contributed by atoms with Gasteiger partial charge in [0.25, 0.3) is 0 Å². The van der Waals surface area contributed by atoms with Gasteiger partial charge in [0.05, 0.1) is 27.2 Å².